The van der Waals surface area contributed by atoms with Crippen molar-refractivity contribution in [1.82, 2.24) is 10.2 Å². The average molecular weight is 272 g/mol. The van der Waals surface area contributed by atoms with Crippen LogP contribution in [0.3, 0.4) is 0 Å². The van der Waals surface area contributed by atoms with Crippen LogP contribution in [-0.2, 0) is 14.4 Å². The van der Waals surface area contributed by atoms with Crippen molar-refractivity contribution < 1.29 is 19.5 Å². The molecule has 6 nitrogen and oxygen atoms in total. The van der Waals surface area contributed by atoms with E-state index in [9.17, 15) is 19.5 Å². The number of hydrogen-bond acceptors (Lipinski definition) is 4. The topological polar surface area (TPSA) is 86.7 Å². The molecule has 2 N–H and O–H groups in total. The molecule has 0 saturated carbocycles. The van der Waals surface area contributed by atoms with Crippen LogP contribution >= 0.6 is 11.8 Å². The molecule has 0 spiro atoms. The zero-order valence-corrected chi connectivity index (χ0v) is 11.0. The smallest absolute Gasteiger partial charge is 0.330 e. The minimum atomic E-state index is -1.15. The highest BCUT2D eigenvalue weighted by Gasteiger charge is 2.45. The maximum absolute atomic E-state index is 12.0. The van der Waals surface area contributed by atoms with Crippen LogP contribution in [0.1, 0.15) is 12.8 Å². The van der Waals surface area contributed by atoms with Gasteiger partial charge in [0, 0.05) is 25.8 Å². The zero-order chi connectivity index (χ0) is 13.3. The molecular weight excluding hydrogens is 256 g/mol. The van der Waals surface area contributed by atoms with Gasteiger partial charge in [-0.1, -0.05) is 0 Å². The lowest BCUT2D eigenvalue weighted by molar-refractivity contribution is -0.147. The van der Waals surface area contributed by atoms with Crippen molar-refractivity contribution in [3.05, 3.63) is 0 Å². The lowest BCUT2D eigenvalue weighted by atomic mass is 9.97. The first kappa shape index (κ1) is 13.2. The van der Waals surface area contributed by atoms with Crippen molar-refractivity contribution in [2.45, 2.75) is 18.4 Å². The van der Waals surface area contributed by atoms with Crippen molar-refractivity contribution in [3.8, 4) is 0 Å². The van der Waals surface area contributed by atoms with E-state index < -0.39 is 17.4 Å². The largest absolute Gasteiger partial charge is 0.479 e. The van der Waals surface area contributed by atoms with E-state index in [0.29, 0.717) is 18.7 Å². The summed E-state index contributed by atoms with van der Waals surface area (Å²) in [5, 5.41) is 11.9. The van der Waals surface area contributed by atoms with E-state index in [1.807, 2.05) is 0 Å². The van der Waals surface area contributed by atoms with Gasteiger partial charge in [-0.05, 0) is 12.2 Å². The van der Waals surface area contributed by atoms with E-state index in [2.05, 4.69) is 5.32 Å². The third-order valence-corrected chi connectivity index (χ3v) is 4.70. The summed E-state index contributed by atoms with van der Waals surface area (Å²) >= 11 is 1.52. The molecule has 2 rings (SSSR count). The van der Waals surface area contributed by atoms with Gasteiger partial charge in [-0.3, -0.25) is 9.59 Å². The SMILES string of the molecule is CN1C[C@H](C(=O)N[C@]2(C(=O)O)CCSC2)CC1=O. The normalized spacial score (nSPS) is 31.7. The van der Waals surface area contributed by atoms with Gasteiger partial charge in [-0.25, -0.2) is 4.79 Å². The molecule has 100 valence electrons. The number of rotatable bonds is 3. The molecule has 2 fully saturated rings. The highest BCUT2D eigenvalue weighted by molar-refractivity contribution is 7.99. The van der Waals surface area contributed by atoms with Crippen LogP contribution in [0.5, 0.6) is 0 Å². The van der Waals surface area contributed by atoms with Gasteiger partial charge in [-0.15, -0.1) is 0 Å². The predicted octanol–water partition coefficient (Wildman–Crippen LogP) is -0.459. The van der Waals surface area contributed by atoms with Crippen molar-refractivity contribution in [2.24, 2.45) is 5.92 Å². The molecule has 2 atom stereocenters. The monoisotopic (exact) mass is 272 g/mol. The summed E-state index contributed by atoms with van der Waals surface area (Å²) < 4.78 is 0. The van der Waals surface area contributed by atoms with Gasteiger partial charge >= 0.3 is 5.97 Å². The molecular formula is C11H16N2O4S. The van der Waals surface area contributed by atoms with Crippen LogP contribution in [0.4, 0.5) is 0 Å². The van der Waals surface area contributed by atoms with Crippen LogP contribution in [0.15, 0.2) is 0 Å². The summed E-state index contributed by atoms with van der Waals surface area (Å²) in [5.74, 6) is -0.679. The Bertz CT molecular complexity index is 393. The third-order valence-electron chi connectivity index (χ3n) is 3.51. The molecule has 2 aliphatic heterocycles. The molecule has 0 aliphatic carbocycles. The molecule has 0 aromatic heterocycles. The number of thioether (sulfide) groups is 1. The molecule has 0 radical (unpaired) electrons. The fourth-order valence-electron chi connectivity index (χ4n) is 2.26. The quantitative estimate of drug-likeness (QED) is 0.726. The second kappa shape index (κ2) is 4.79. The summed E-state index contributed by atoms with van der Waals surface area (Å²) in [7, 11) is 1.65. The number of nitrogens with zero attached hydrogens (tertiary/aromatic N) is 1. The number of nitrogens with one attached hydrogen (secondary N) is 1. The molecule has 2 heterocycles. The van der Waals surface area contributed by atoms with Crippen LogP contribution in [-0.4, -0.2) is 58.4 Å². The number of hydrogen-bond donors (Lipinski definition) is 2. The maximum Gasteiger partial charge on any atom is 0.330 e. The fourth-order valence-corrected chi connectivity index (χ4v) is 3.59. The Kier molecular flexibility index (Phi) is 3.52. The number of aliphatic carboxylic acids is 1. The van der Waals surface area contributed by atoms with Crippen LogP contribution in [0.25, 0.3) is 0 Å². The Labute approximate surface area is 109 Å². The van der Waals surface area contributed by atoms with Crippen molar-refractivity contribution in [2.75, 3.05) is 25.1 Å². The number of carbonyl (C=O) groups is 3. The minimum Gasteiger partial charge on any atom is -0.479 e. The summed E-state index contributed by atoms with van der Waals surface area (Å²) in [6.07, 6.45) is 0.612. The number of carboxylic acid groups (broad SMARTS) is 1. The van der Waals surface area contributed by atoms with E-state index in [0.717, 1.165) is 5.75 Å². The standard InChI is InChI=1S/C11H16N2O4S/c1-13-5-7(4-8(13)14)9(15)12-11(10(16)17)2-3-18-6-11/h7H,2-6H2,1H3,(H,12,15)(H,16,17)/t7-,11-/m1/s1. The molecule has 2 aliphatic rings. The number of amides is 2. The van der Waals surface area contributed by atoms with Gasteiger partial charge in [0.2, 0.25) is 11.8 Å². The number of carboxylic acids is 1. The zero-order valence-electron chi connectivity index (χ0n) is 10.1. The first-order valence-corrected chi connectivity index (χ1v) is 6.97. The Morgan fingerprint density at radius 2 is 2.28 bits per heavy atom. The Hall–Kier alpha value is -1.24. The van der Waals surface area contributed by atoms with E-state index in [-0.39, 0.29) is 18.2 Å². The molecule has 0 bridgehead atoms. The molecule has 0 aromatic carbocycles. The molecule has 2 amide bonds. The van der Waals surface area contributed by atoms with Crippen molar-refractivity contribution in [3.63, 3.8) is 0 Å². The number of carbonyl (C=O) groups excluding carboxylic acids is 2. The first-order chi connectivity index (χ1) is 8.44. The summed E-state index contributed by atoms with van der Waals surface area (Å²) in [6, 6.07) is 0. The highest BCUT2D eigenvalue weighted by Crippen LogP contribution is 2.29. The van der Waals surface area contributed by atoms with Gasteiger partial charge < -0.3 is 15.3 Å². The first-order valence-electron chi connectivity index (χ1n) is 5.82. The molecule has 2 saturated heterocycles. The van der Waals surface area contributed by atoms with Crippen LogP contribution < -0.4 is 5.32 Å². The van der Waals surface area contributed by atoms with Crippen molar-refractivity contribution in [1.29, 1.82) is 0 Å². The van der Waals surface area contributed by atoms with Gasteiger partial charge in [-0.2, -0.15) is 11.8 Å². The third kappa shape index (κ3) is 2.31. The van der Waals surface area contributed by atoms with E-state index in [4.69, 9.17) is 0 Å². The second-order valence-corrected chi connectivity index (χ2v) is 5.96. The molecule has 0 aromatic rings. The summed E-state index contributed by atoms with van der Waals surface area (Å²) in [5.41, 5.74) is -1.15. The maximum atomic E-state index is 12.0. The lowest BCUT2D eigenvalue weighted by Gasteiger charge is -2.26. The van der Waals surface area contributed by atoms with E-state index in [1.54, 1.807) is 7.05 Å². The van der Waals surface area contributed by atoms with Gasteiger partial charge in [0.15, 0.2) is 0 Å². The average Bonchev–Trinajstić information content (AvgIpc) is 2.88. The highest BCUT2D eigenvalue weighted by atomic mass is 32.2. The number of likely N-dealkylation sites (tertiary alicyclic amines) is 1. The molecule has 18 heavy (non-hydrogen) atoms. The van der Waals surface area contributed by atoms with Crippen LogP contribution in [0, 0.1) is 5.92 Å². The lowest BCUT2D eigenvalue weighted by Crippen LogP contribution is -2.56. The van der Waals surface area contributed by atoms with Gasteiger partial charge in [0.1, 0.15) is 5.54 Å². The fraction of sp³-hybridized carbons (Fsp3) is 0.727. The molecule has 7 heteroatoms. The Balaban J connectivity index is 2.02. The molecule has 0 unspecified atom stereocenters. The Morgan fingerprint density at radius 1 is 1.56 bits per heavy atom. The second-order valence-electron chi connectivity index (χ2n) is 4.85. The minimum absolute atomic E-state index is 0.0691. The summed E-state index contributed by atoms with van der Waals surface area (Å²) in [4.78, 5) is 36.2. The van der Waals surface area contributed by atoms with Gasteiger partial charge in [0.25, 0.3) is 0 Å². The van der Waals surface area contributed by atoms with Crippen molar-refractivity contribution >= 4 is 29.5 Å². The van der Waals surface area contributed by atoms with E-state index >= 15 is 0 Å². The van der Waals surface area contributed by atoms with E-state index in [1.165, 1.54) is 16.7 Å². The van der Waals surface area contributed by atoms with Crippen LogP contribution in [0.2, 0.25) is 0 Å². The predicted molar refractivity (Wildman–Crippen MR) is 66.2 cm³/mol. The van der Waals surface area contributed by atoms with Gasteiger partial charge in [0.05, 0.1) is 5.92 Å². The Morgan fingerprint density at radius 3 is 2.72 bits per heavy atom. The summed E-state index contributed by atoms with van der Waals surface area (Å²) in [6.45, 7) is 0.369.